The van der Waals surface area contributed by atoms with E-state index in [4.69, 9.17) is 4.74 Å². The first-order valence-corrected chi connectivity index (χ1v) is 14.2. The van der Waals surface area contributed by atoms with Crippen molar-refractivity contribution >= 4 is 5.97 Å². The minimum atomic E-state index is -0.752. The third kappa shape index (κ3) is 2.34. The summed E-state index contributed by atoms with van der Waals surface area (Å²) >= 11 is 0. The molecule has 192 valence electrons. The molecule has 0 aromatic carbocycles. The molecule has 5 saturated carbocycles. The van der Waals surface area contributed by atoms with Crippen molar-refractivity contribution < 1.29 is 19.7 Å². The molecule has 4 nitrogen and oxygen atoms in total. The third-order valence-electron chi connectivity index (χ3n) is 14.0. The Kier molecular flexibility index (Phi) is 4.50. The van der Waals surface area contributed by atoms with Crippen molar-refractivity contribution in [2.75, 3.05) is 0 Å². The number of esters is 1. The minimum absolute atomic E-state index is 0.000329. The summed E-state index contributed by atoms with van der Waals surface area (Å²) in [7, 11) is 0. The maximum Gasteiger partial charge on any atom is 0.313 e. The van der Waals surface area contributed by atoms with Crippen molar-refractivity contribution in [1.29, 1.82) is 0 Å². The molecule has 5 aliphatic carbocycles. The van der Waals surface area contributed by atoms with Crippen LogP contribution in [0.4, 0.5) is 0 Å². The molecule has 0 amide bonds. The molecule has 6 rings (SSSR count). The van der Waals surface area contributed by atoms with Crippen LogP contribution in [0.15, 0.2) is 0 Å². The van der Waals surface area contributed by atoms with Crippen molar-refractivity contribution in [2.24, 2.45) is 50.2 Å². The van der Waals surface area contributed by atoms with E-state index in [1.165, 1.54) is 0 Å². The van der Waals surface area contributed by atoms with Crippen LogP contribution in [0.3, 0.4) is 0 Å². The maximum atomic E-state index is 13.7. The number of fused-ring (bicyclic) bond motifs is 4. The Balaban J connectivity index is 1.49. The second-order valence-electron chi connectivity index (χ2n) is 15.8. The molecule has 10 atom stereocenters. The van der Waals surface area contributed by atoms with E-state index in [-0.39, 0.29) is 50.5 Å². The smallest absolute Gasteiger partial charge is 0.313 e. The minimum Gasteiger partial charge on any atom is -0.455 e. The molecule has 1 heterocycles. The average Bonchev–Trinajstić information content (AvgIpc) is 2.93. The molecule has 2 N–H and O–H groups in total. The number of aliphatic hydroxyl groups excluding tert-OH is 2. The molecule has 34 heavy (non-hydrogen) atoms. The van der Waals surface area contributed by atoms with Gasteiger partial charge < -0.3 is 14.9 Å². The molecule has 0 aromatic rings. The zero-order valence-corrected chi connectivity index (χ0v) is 22.7. The maximum absolute atomic E-state index is 13.7. The highest BCUT2D eigenvalue weighted by atomic mass is 16.6. The third-order valence-corrected chi connectivity index (χ3v) is 14.0. The van der Waals surface area contributed by atoms with Crippen molar-refractivity contribution in [3.8, 4) is 0 Å². The Morgan fingerprint density at radius 1 is 0.765 bits per heavy atom. The van der Waals surface area contributed by atoms with Gasteiger partial charge in [-0.2, -0.15) is 0 Å². The molecule has 1 aliphatic heterocycles. The Morgan fingerprint density at radius 3 is 2.15 bits per heavy atom. The van der Waals surface area contributed by atoms with Gasteiger partial charge in [0, 0.05) is 11.3 Å². The van der Waals surface area contributed by atoms with Crippen molar-refractivity contribution in [2.45, 2.75) is 130 Å². The Labute approximate surface area is 206 Å². The number of hydrogen-bond acceptors (Lipinski definition) is 4. The number of carbonyl (C=O) groups is 1. The van der Waals surface area contributed by atoms with Gasteiger partial charge in [0.1, 0.15) is 5.60 Å². The normalized spacial score (nSPS) is 59.2. The van der Waals surface area contributed by atoms with Crippen LogP contribution in [0, 0.1) is 50.2 Å². The van der Waals surface area contributed by atoms with Gasteiger partial charge in [-0.3, -0.25) is 4.79 Å². The van der Waals surface area contributed by atoms with Crippen LogP contribution in [0.1, 0.15) is 113 Å². The predicted octanol–water partition coefficient (Wildman–Crippen LogP) is 5.88. The monoisotopic (exact) mass is 472 g/mol. The van der Waals surface area contributed by atoms with E-state index in [9.17, 15) is 15.0 Å². The van der Waals surface area contributed by atoms with E-state index in [1.54, 1.807) is 0 Å². The zero-order chi connectivity index (χ0) is 24.7. The number of carbonyl (C=O) groups excluding carboxylic acids is 1. The van der Waals surface area contributed by atoms with Crippen LogP contribution in [-0.4, -0.2) is 34.0 Å². The van der Waals surface area contributed by atoms with Crippen molar-refractivity contribution in [3.05, 3.63) is 0 Å². The summed E-state index contributed by atoms with van der Waals surface area (Å²) in [5.74, 6) is 0.950. The first-order valence-electron chi connectivity index (χ1n) is 14.2. The van der Waals surface area contributed by atoms with Gasteiger partial charge in [-0.25, -0.2) is 0 Å². The molecule has 6 aliphatic rings. The van der Waals surface area contributed by atoms with E-state index in [0.29, 0.717) is 11.8 Å². The second-order valence-corrected chi connectivity index (χ2v) is 15.8. The van der Waals surface area contributed by atoms with Gasteiger partial charge in [0.2, 0.25) is 0 Å². The van der Waals surface area contributed by atoms with Crippen LogP contribution < -0.4 is 0 Å². The average molecular weight is 473 g/mol. The predicted molar refractivity (Wildman–Crippen MR) is 132 cm³/mol. The molecule has 2 bridgehead atoms. The lowest BCUT2D eigenvalue weighted by atomic mass is 9.30. The van der Waals surface area contributed by atoms with Gasteiger partial charge in [-0.05, 0) is 97.7 Å². The topological polar surface area (TPSA) is 66.8 Å². The summed E-state index contributed by atoms with van der Waals surface area (Å²) in [6.45, 7) is 16.6. The molecular formula is C30H48O4. The molecule has 4 heteroatoms. The fourth-order valence-electron chi connectivity index (χ4n) is 11.8. The lowest BCUT2D eigenvalue weighted by Crippen LogP contribution is -2.76. The Morgan fingerprint density at radius 2 is 1.44 bits per heavy atom. The number of rotatable bonds is 0. The van der Waals surface area contributed by atoms with Crippen LogP contribution in [0.2, 0.25) is 0 Å². The lowest BCUT2D eigenvalue weighted by Gasteiger charge is -2.74. The molecular weight excluding hydrogens is 424 g/mol. The summed E-state index contributed by atoms with van der Waals surface area (Å²) in [5, 5.41) is 23.1. The van der Waals surface area contributed by atoms with Gasteiger partial charge in [0.15, 0.2) is 0 Å². The fourth-order valence-corrected chi connectivity index (χ4v) is 11.8. The summed E-state index contributed by atoms with van der Waals surface area (Å²) in [6.07, 6.45) is 8.82. The van der Waals surface area contributed by atoms with Gasteiger partial charge in [-0.15, -0.1) is 0 Å². The number of aliphatic hydroxyl groups is 2. The largest absolute Gasteiger partial charge is 0.455 e. The van der Waals surface area contributed by atoms with Crippen LogP contribution in [-0.2, 0) is 9.53 Å². The standard InChI is InChI=1S/C30H48O4/c1-24(2)12-14-29-15-13-28(7)27(6)11-8-18-25(3,4)21(31)9-10-26(18,5)19(27)16-22(32)30(28,20(29)17-24)34-23(29)33/h18-22,31-32H,8-17H2,1-7H3/t18?,19?,20?,21-,22-,26-,27+,28-,29-,30+/m0/s1. The number of ether oxygens (including phenoxy) is 1. The van der Waals surface area contributed by atoms with Gasteiger partial charge in [-0.1, -0.05) is 48.5 Å². The van der Waals surface area contributed by atoms with E-state index in [1.807, 2.05) is 0 Å². The summed E-state index contributed by atoms with van der Waals surface area (Å²) in [4.78, 5) is 13.7. The Hall–Kier alpha value is -0.610. The van der Waals surface area contributed by atoms with Crippen LogP contribution in [0.25, 0.3) is 0 Å². The van der Waals surface area contributed by atoms with Gasteiger partial charge in [0.25, 0.3) is 0 Å². The molecule has 1 saturated heterocycles. The molecule has 0 radical (unpaired) electrons. The van der Waals surface area contributed by atoms with Crippen LogP contribution in [0.5, 0.6) is 0 Å². The van der Waals surface area contributed by atoms with E-state index in [2.05, 4.69) is 48.5 Å². The SMILES string of the molecule is CC1(C)CC[C@@]23CC[C@]4(C)[C@@](OC2=O)(C3C1)[C@@H](O)CC1[C@@]2(C)CC[C@H](O)C(C)(C)C2CC[C@]14C. The summed E-state index contributed by atoms with van der Waals surface area (Å²) in [6, 6.07) is 0. The van der Waals surface area contributed by atoms with E-state index < -0.39 is 11.7 Å². The first-order chi connectivity index (χ1) is 15.6. The molecule has 3 unspecified atom stereocenters. The van der Waals surface area contributed by atoms with E-state index >= 15 is 0 Å². The molecule has 0 aromatic heterocycles. The zero-order valence-electron chi connectivity index (χ0n) is 22.7. The van der Waals surface area contributed by atoms with Gasteiger partial charge in [0.05, 0.1) is 17.6 Å². The quantitative estimate of drug-likeness (QED) is 0.432. The van der Waals surface area contributed by atoms with Crippen LogP contribution >= 0.6 is 0 Å². The first kappa shape index (κ1) is 23.8. The lowest BCUT2D eigenvalue weighted by molar-refractivity contribution is -0.317. The van der Waals surface area contributed by atoms with Gasteiger partial charge >= 0.3 is 5.97 Å². The molecule has 6 fully saturated rings. The summed E-state index contributed by atoms with van der Waals surface area (Å²) in [5.41, 5.74) is -1.19. The van der Waals surface area contributed by atoms with Crippen molar-refractivity contribution in [3.63, 3.8) is 0 Å². The number of hydrogen-bond donors (Lipinski definition) is 2. The highest BCUT2D eigenvalue weighted by molar-refractivity contribution is 5.82. The second kappa shape index (κ2) is 6.44. The highest BCUT2D eigenvalue weighted by Crippen LogP contribution is 2.80. The summed E-state index contributed by atoms with van der Waals surface area (Å²) < 4.78 is 6.64. The van der Waals surface area contributed by atoms with E-state index in [0.717, 1.165) is 64.2 Å². The highest BCUT2D eigenvalue weighted by Gasteiger charge is 2.83. The van der Waals surface area contributed by atoms with Crippen molar-refractivity contribution in [1.82, 2.24) is 0 Å². The molecule has 1 spiro atoms. The fraction of sp³-hybridized carbons (Fsp3) is 0.967. The Bertz CT molecular complexity index is 925.